The summed E-state index contributed by atoms with van der Waals surface area (Å²) in [7, 11) is -9.82. The Bertz CT molecular complexity index is 962. The highest BCUT2D eigenvalue weighted by molar-refractivity contribution is 8.45. The number of rotatable bonds is 6. The van der Waals surface area contributed by atoms with Crippen LogP contribution in [0.2, 0.25) is 0 Å². The van der Waals surface area contributed by atoms with Gasteiger partial charge in [-0.25, -0.2) is 9.97 Å². The quantitative estimate of drug-likeness (QED) is 0.554. The van der Waals surface area contributed by atoms with Crippen LogP contribution in [-0.4, -0.2) is 40.7 Å². The van der Waals surface area contributed by atoms with E-state index in [9.17, 15) is 24.2 Å². The normalized spacial score (nSPS) is 17.2. The first kappa shape index (κ1) is 23.2. The lowest BCUT2D eigenvalue weighted by molar-refractivity contribution is -0.00575. The van der Waals surface area contributed by atoms with E-state index in [0.717, 1.165) is 6.42 Å². The van der Waals surface area contributed by atoms with Crippen LogP contribution in [0.1, 0.15) is 47.7 Å². The number of benzene rings is 1. The third-order valence-electron chi connectivity index (χ3n) is 4.70. The van der Waals surface area contributed by atoms with Gasteiger partial charge in [-0.3, -0.25) is 4.79 Å². The fourth-order valence-electron chi connectivity index (χ4n) is 2.99. The molecule has 1 aliphatic rings. The summed E-state index contributed by atoms with van der Waals surface area (Å²) >= 11 is 0. The lowest BCUT2D eigenvalue weighted by atomic mass is 10.0. The minimum atomic E-state index is -9.82. The molecule has 1 aromatic heterocycles. The first-order valence-electron chi connectivity index (χ1n) is 9.54. The van der Waals surface area contributed by atoms with E-state index in [2.05, 4.69) is 15.3 Å². The first-order valence-corrected chi connectivity index (χ1v) is 11.5. The molecule has 2 heterocycles. The van der Waals surface area contributed by atoms with E-state index in [-0.39, 0.29) is 47.7 Å². The van der Waals surface area contributed by atoms with Gasteiger partial charge >= 0.3 is 10.2 Å². The summed E-state index contributed by atoms with van der Waals surface area (Å²) < 4.78 is 71.8. The van der Waals surface area contributed by atoms with Crippen molar-refractivity contribution >= 4 is 22.1 Å². The maximum atomic E-state index is 13.3. The number of hydrogen-bond acceptors (Lipinski definition) is 5. The number of carbonyl (C=O) groups excluding carboxylic acids is 1. The third kappa shape index (κ3) is 6.03. The number of nitrogens with zero attached hydrogens (tertiary/aromatic N) is 3. The second-order valence-electron chi connectivity index (χ2n) is 7.64. The monoisotopic (exact) mass is 466 g/mol. The van der Waals surface area contributed by atoms with Crippen molar-refractivity contribution < 1.29 is 29.0 Å². The molecule has 0 spiro atoms. The van der Waals surface area contributed by atoms with E-state index in [1.807, 2.05) is 0 Å². The molecule has 0 bridgehead atoms. The van der Waals surface area contributed by atoms with Gasteiger partial charge < -0.3 is 15.0 Å². The Balaban J connectivity index is 1.75. The summed E-state index contributed by atoms with van der Waals surface area (Å²) in [5, 5.41) is 2.71. The van der Waals surface area contributed by atoms with Gasteiger partial charge in [0.25, 0.3) is 5.91 Å². The molecule has 2 aromatic rings. The average Bonchev–Trinajstić information content (AvgIpc) is 2.71. The molecule has 1 aromatic carbocycles. The number of halogens is 5. The Kier molecular flexibility index (Phi) is 5.68. The molecule has 0 aliphatic carbocycles. The fourth-order valence-corrected chi connectivity index (χ4v) is 3.73. The standard InChI is InChI=1S/C19H23F5N4O2S/c1-13(2)15-6-14(7-17(8-15)31(20,21,22,23)24)9-25-19-26-10-16(11-27-19)18(29)28-4-3-5-30-12-28/h6-8,10-11,13H,3-5,9,12H2,1-2H3,(H,25,26,27). The largest absolute Gasteiger partial charge is 0.361 e. The van der Waals surface area contributed by atoms with Crippen LogP contribution in [0, 0.1) is 0 Å². The van der Waals surface area contributed by atoms with Crippen molar-refractivity contribution in [1.82, 2.24) is 14.9 Å². The van der Waals surface area contributed by atoms with Crippen LogP contribution in [-0.2, 0) is 11.3 Å². The SMILES string of the molecule is CC(C)c1cc(CNc2ncc(C(=O)N3CCCOC3)cn2)cc(S(F)(F)(F)(F)F)c1. The van der Waals surface area contributed by atoms with E-state index in [1.54, 1.807) is 13.8 Å². The summed E-state index contributed by atoms with van der Waals surface area (Å²) in [6.07, 6.45) is 3.30. The zero-order valence-electron chi connectivity index (χ0n) is 17.0. The van der Waals surface area contributed by atoms with Crippen molar-refractivity contribution in [2.75, 3.05) is 25.2 Å². The number of ether oxygens (including phenoxy) is 1. The smallest absolute Gasteiger partial charge is 0.310 e. The zero-order chi connectivity index (χ0) is 22.9. The predicted octanol–water partition coefficient (Wildman–Crippen LogP) is 5.69. The molecule has 1 fully saturated rings. The Morgan fingerprint density at radius 1 is 1.16 bits per heavy atom. The summed E-state index contributed by atoms with van der Waals surface area (Å²) in [5.41, 5.74) is 0.401. The lowest BCUT2D eigenvalue weighted by Crippen LogP contribution is -2.38. The van der Waals surface area contributed by atoms with Crippen LogP contribution in [0.25, 0.3) is 0 Å². The van der Waals surface area contributed by atoms with Gasteiger partial charge in [0.05, 0.1) is 12.2 Å². The molecule has 172 valence electrons. The highest BCUT2D eigenvalue weighted by Crippen LogP contribution is 3.02. The highest BCUT2D eigenvalue weighted by atomic mass is 32.5. The molecule has 0 radical (unpaired) electrons. The van der Waals surface area contributed by atoms with Gasteiger partial charge in [-0.15, -0.1) is 0 Å². The van der Waals surface area contributed by atoms with Crippen LogP contribution >= 0.6 is 10.2 Å². The number of aromatic nitrogens is 2. The van der Waals surface area contributed by atoms with Gasteiger partial charge in [0.1, 0.15) is 11.6 Å². The summed E-state index contributed by atoms with van der Waals surface area (Å²) in [6, 6.07) is 2.37. The summed E-state index contributed by atoms with van der Waals surface area (Å²) in [6.45, 7) is 4.36. The number of nitrogens with one attached hydrogen (secondary N) is 1. The Morgan fingerprint density at radius 2 is 1.84 bits per heavy atom. The Hall–Kier alpha value is -2.47. The van der Waals surface area contributed by atoms with Crippen LogP contribution in [0.15, 0.2) is 35.5 Å². The second kappa shape index (κ2) is 7.59. The number of anilines is 1. The van der Waals surface area contributed by atoms with Crippen LogP contribution in [0.5, 0.6) is 0 Å². The second-order valence-corrected chi connectivity index (χ2v) is 10.1. The van der Waals surface area contributed by atoms with E-state index in [4.69, 9.17) is 4.74 Å². The molecule has 0 saturated carbocycles. The Morgan fingerprint density at radius 3 is 2.39 bits per heavy atom. The predicted molar refractivity (Wildman–Crippen MR) is 108 cm³/mol. The molecule has 0 unspecified atom stereocenters. The van der Waals surface area contributed by atoms with Crippen molar-refractivity contribution in [3.63, 3.8) is 0 Å². The molecule has 12 heteroatoms. The maximum absolute atomic E-state index is 13.3. The van der Waals surface area contributed by atoms with Crippen molar-refractivity contribution in [3.8, 4) is 0 Å². The van der Waals surface area contributed by atoms with E-state index in [0.29, 0.717) is 25.3 Å². The molecule has 1 saturated heterocycles. The average molecular weight is 466 g/mol. The minimum absolute atomic E-state index is 0.0173. The van der Waals surface area contributed by atoms with Crippen LogP contribution in [0.4, 0.5) is 25.4 Å². The van der Waals surface area contributed by atoms with E-state index in [1.165, 1.54) is 23.4 Å². The summed E-state index contributed by atoms with van der Waals surface area (Å²) in [4.78, 5) is 19.9. The zero-order valence-corrected chi connectivity index (χ0v) is 17.8. The van der Waals surface area contributed by atoms with Crippen molar-refractivity contribution in [2.45, 2.75) is 37.6 Å². The highest BCUT2D eigenvalue weighted by Gasteiger charge is 2.65. The first-order chi connectivity index (χ1) is 14.2. The van der Waals surface area contributed by atoms with Gasteiger partial charge in [0.15, 0.2) is 0 Å². The molecule has 1 amide bonds. The molecule has 1 N–H and O–H groups in total. The van der Waals surface area contributed by atoms with Gasteiger partial charge in [0, 0.05) is 25.5 Å². The van der Waals surface area contributed by atoms with Gasteiger partial charge in [-0.1, -0.05) is 39.3 Å². The fraction of sp³-hybridized carbons (Fsp3) is 0.421. The van der Waals surface area contributed by atoms with Crippen LogP contribution in [0.3, 0.4) is 0 Å². The molecule has 0 atom stereocenters. The molecule has 3 rings (SSSR count). The number of amides is 1. The molecule has 6 nitrogen and oxygen atoms in total. The third-order valence-corrected chi connectivity index (χ3v) is 5.83. The van der Waals surface area contributed by atoms with Gasteiger partial charge in [-0.2, -0.15) is 0 Å². The molecule has 1 aliphatic heterocycles. The molecular formula is C19H23F5N4O2S. The topological polar surface area (TPSA) is 67.4 Å². The summed E-state index contributed by atoms with van der Waals surface area (Å²) in [5.74, 6) is -0.620. The molecular weight excluding hydrogens is 443 g/mol. The maximum Gasteiger partial charge on any atom is 0.310 e. The van der Waals surface area contributed by atoms with Crippen molar-refractivity contribution in [3.05, 3.63) is 47.3 Å². The van der Waals surface area contributed by atoms with Crippen molar-refractivity contribution in [2.24, 2.45) is 0 Å². The van der Waals surface area contributed by atoms with Gasteiger partial charge in [0.2, 0.25) is 5.95 Å². The van der Waals surface area contributed by atoms with E-state index < -0.39 is 15.1 Å². The van der Waals surface area contributed by atoms with E-state index >= 15 is 0 Å². The minimum Gasteiger partial charge on any atom is -0.361 e. The Labute approximate surface area is 176 Å². The lowest BCUT2D eigenvalue weighted by Gasteiger charge is -2.41. The molecule has 31 heavy (non-hydrogen) atoms. The van der Waals surface area contributed by atoms with Crippen molar-refractivity contribution in [1.29, 1.82) is 0 Å². The number of carbonyl (C=O) groups is 1. The van der Waals surface area contributed by atoms with Gasteiger partial charge in [-0.05, 0) is 35.6 Å². The number of hydrogen-bond donors (Lipinski definition) is 1. The van der Waals surface area contributed by atoms with Crippen LogP contribution < -0.4 is 5.32 Å².